The number of rotatable bonds is 6. The number of carbonyl (C=O) groups is 1. The minimum atomic E-state index is -0.374. The first-order valence-corrected chi connectivity index (χ1v) is 6.88. The Labute approximate surface area is 125 Å². The largest absolute Gasteiger partial charge is 0.465 e. The van der Waals surface area contributed by atoms with Crippen LogP contribution in [0.3, 0.4) is 0 Å². The van der Waals surface area contributed by atoms with Crippen LogP contribution in [0.25, 0.3) is 0 Å². The fourth-order valence-corrected chi connectivity index (χ4v) is 1.54. The SMILES string of the molecule is CCOC(=O)CN(CC=C(C)C)C(=N)Oc1ccccc1. The zero-order valence-electron chi connectivity index (χ0n) is 12.8. The van der Waals surface area contributed by atoms with E-state index in [0.717, 1.165) is 5.57 Å². The molecular formula is C16H22N2O3. The number of allylic oxidation sites excluding steroid dienone is 1. The van der Waals surface area contributed by atoms with Gasteiger partial charge in [0.25, 0.3) is 6.02 Å². The molecule has 0 radical (unpaired) electrons. The fourth-order valence-electron chi connectivity index (χ4n) is 1.54. The Morgan fingerprint density at radius 3 is 2.52 bits per heavy atom. The predicted octanol–water partition coefficient (Wildman–Crippen LogP) is 2.83. The highest BCUT2D eigenvalue weighted by molar-refractivity contribution is 5.80. The van der Waals surface area contributed by atoms with Crippen LogP contribution >= 0.6 is 0 Å². The molecule has 0 aliphatic carbocycles. The Hall–Kier alpha value is -2.30. The van der Waals surface area contributed by atoms with Gasteiger partial charge in [0.2, 0.25) is 0 Å². The third-order valence-corrected chi connectivity index (χ3v) is 2.59. The summed E-state index contributed by atoms with van der Waals surface area (Å²) in [4.78, 5) is 13.1. The molecule has 21 heavy (non-hydrogen) atoms. The maximum absolute atomic E-state index is 11.6. The second-order valence-corrected chi connectivity index (χ2v) is 4.69. The quantitative estimate of drug-likeness (QED) is 0.379. The van der Waals surface area contributed by atoms with Crippen molar-refractivity contribution in [3.8, 4) is 5.75 Å². The molecule has 0 saturated heterocycles. The van der Waals surface area contributed by atoms with Gasteiger partial charge in [-0.3, -0.25) is 10.2 Å². The lowest BCUT2D eigenvalue weighted by molar-refractivity contribution is -0.143. The average molecular weight is 290 g/mol. The van der Waals surface area contributed by atoms with E-state index >= 15 is 0 Å². The van der Waals surface area contributed by atoms with Crippen molar-refractivity contribution in [2.45, 2.75) is 20.8 Å². The number of nitrogens with one attached hydrogen (secondary N) is 1. The molecule has 5 heteroatoms. The molecule has 5 nitrogen and oxygen atoms in total. The lowest BCUT2D eigenvalue weighted by Gasteiger charge is -2.22. The van der Waals surface area contributed by atoms with Crippen LogP contribution < -0.4 is 4.74 Å². The minimum absolute atomic E-state index is 0.0106. The zero-order valence-corrected chi connectivity index (χ0v) is 12.8. The summed E-state index contributed by atoms with van der Waals surface area (Å²) in [7, 11) is 0. The van der Waals surface area contributed by atoms with Crippen LogP contribution in [0.5, 0.6) is 5.75 Å². The lowest BCUT2D eigenvalue weighted by Crippen LogP contribution is -2.39. The standard InChI is InChI=1S/C16H22N2O3/c1-4-20-15(19)12-18(11-10-13(2)3)16(17)21-14-8-6-5-7-9-14/h5-10,17H,4,11-12H2,1-3H3. The molecule has 0 bridgehead atoms. The number of para-hydroxylation sites is 1. The first-order valence-electron chi connectivity index (χ1n) is 6.88. The van der Waals surface area contributed by atoms with Gasteiger partial charge in [-0.1, -0.05) is 29.8 Å². The van der Waals surface area contributed by atoms with Crippen LogP contribution in [0, 0.1) is 5.41 Å². The molecular weight excluding hydrogens is 268 g/mol. The highest BCUT2D eigenvalue weighted by Gasteiger charge is 2.16. The molecule has 0 unspecified atom stereocenters. The van der Waals surface area contributed by atoms with E-state index in [0.29, 0.717) is 18.9 Å². The number of ether oxygens (including phenoxy) is 2. The summed E-state index contributed by atoms with van der Waals surface area (Å²) >= 11 is 0. The molecule has 114 valence electrons. The summed E-state index contributed by atoms with van der Waals surface area (Å²) in [6.07, 6.45) is 1.93. The smallest absolute Gasteiger partial charge is 0.325 e. The molecule has 0 spiro atoms. The van der Waals surface area contributed by atoms with Gasteiger partial charge in [0.15, 0.2) is 0 Å². The van der Waals surface area contributed by atoms with Gasteiger partial charge < -0.3 is 14.4 Å². The number of hydrogen-bond donors (Lipinski definition) is 1. The van der Waals surface area contributed by atoms with Gasteiger partial charge in [-0.2, -0.15) is 0 Å². The molecule has 1 aromatic carbocycles. The maximum atomic E-state index is 11.6. The number of carbonyl (C=O) groups excluding carboxylic acids is 1. The molecule has 0 aliphatic heterocycles. The number of esters is 1. The lowest BCUT2D eigenvalue weighted by atomic mass is 10.3. The van der Waals surface area contributed by atoms with Gasteiger partial charge in [-0.05, 0) is 32.9 Å². The average Bonchev–Trinajstić information content (AvgIpc) is 2.44. The van der Waals surface area contributed by atoms with Crippen molar-refractivity contribution in [2.24, 2.45) is 0 Å². The summed E-state index contributed by atoms with van der Waals surface area (Å²) in [5, 5.41) is 8.02. The predicted molar refractivity (Wildman–Crippen MR) is 82.4 cm³/mol. The van der Waals surface area contributed by atoms with Crippen molar-refractivity contribution >= 4 is 12.0 Å². The molecule has 0 aliphatic rings. The second kappa shape index (κ2) is 8.79. The Morgan fingerprint density at radius 2 is 1.95 bits per heavy atom. The molecule has 0 heterocycles. The molecule has 0 amide bonds. The molecule has 0 fully saturated rings. The van der Waals surface area contributed by atoms with Crippen LogP contribution in [-0.4, -0.2) is 36.6 Å². The van der Waals surface area contributed by atoms with Crippen molar-refractivity contribution in [2.75, 3.05) is 19.7 Å². The monoisotopic (exact) mass is 290 g/mol. The summed E-state index contributed by atoms with van der Waals surface area (Å²) in [6, 6.07) is 8.97. The Bertz CT molecular complexity index is 494. The molecule has 1 N–H and O–H groups in total. The Morgan fingerprint density at radius 1 is 1.29 bits per heavy atom. The van der Waals surface area contributed by atoms with Crippen LogP contribution in [0.15, 0.2) is 42.0 Å². The van der Waals surface area contributed by atoms with E-state index in [4.69, 9.17) is 14.9 Å². The van der Waals surface area contributed by atoms with Gasteiger partial charge in [0.1, 0.15) is 12.3 Å². The van der Waals surface area contributed by atoms with Crippen molar-refractivity contribution in [1.29, 1.82) is 5.41 Å². The fraction of sp³-hybridized carbons (Fsp3) is 0.375. The number of hydrogen-bond acceptors (Lipinski definition) is 4. The van der Waals surface area contributed by atoms with Gasteiger partial charge in [-0.15, -0.1) is 0 Å². The third-order valence-electron chi connectivity index (χ3n) is 2.59. The van der Waals surface area contributed by atoms with E-state index in [1.807, 2.05) is 38.1 Å². The summed E-state index contributed by atoms with van der Waals surface area (Å²) < 4.78 is 10.4. The van der Waals surface area contributed by atoms with Crippen molar-refractivity contribution in [1.82, 2.24) is 4.90 Å². The van der Waals surface area contributed by atoms with E-state index in [1.165, 1.54) is 4.90 Å². The molecule has 0 atom stereocenters. The zero-order chi connectivity index (χ0) is 15.7. The van der Waals surface area contributed by atoms with Gasteiger partial charge in [0, 0.05) is 6.54 Å². The highest BCUT2D eigenvalue weighted by atomic mass is 16.5. The first-order chi connectivity index (χ1) is 10.0. The Kier molecular flexibility index (Phi) is 7.01. The molecule has 1 rings (SSSR count). The van der Waals surface area contributed by atoms with E-state index < -0.39 is 0 Å². The van der Waals surface area contributed by atoms with E-state index in [2.05, 4.69) is 0 Å². The number of benzene rings is 1. The number of nitrogens with zero attached hydrogens (tertiary/aromatic N) is 1. The topological polar surface area (TPSA) is 62.6 Å². The Balaban J connectivity index is 2.72. The minimum Gasteiger partial charge on any atom is -0.465 e. The van der Waals surface area contributed by atoms with Crippen molar-refractivity contribution in [3.63, 3.8) is 0 Å². The molecule has 0 saturated carbocycles. The van der Waals surface area contributed by atoms with Crippen molar-refractivity contribution in [3.05, 3.63) is 42.0 Å². The van der Waals surface area contributed by atoms with E-state index in [9.17, 15) is 4.79 Å². The van der Waals surface area contributed by atoms with Gasteiger partial charge >= 0.3 is 5.97 Å². The maximum Gasteiger partial charge on any atom is 0.325 e. The van der Waals surface area contributed by atoms with E-state index in [-0.39, 0.29) is 18.5 Å². The van der Waals surface area contributed by atoms with Gasteiger partial charge in [-0.25, -0.2) is 0 Å². The normalized spacial score (nSPS) is 9.67. The van der Waals surface area contributed by atoms with Crippen LogP contribution in [0.2, 0.25) is 0 Å². The van der Waals surface area contributed by atoms with Gasteiger partial charge in [0.05, 0.1) is 6.61 Å². The number of amidine groups is 1. The first kappa shape index (κ1) is 16.8. The second-order valence-electron chi connectivity index (χ2n) is 4.69. The summed E-state index contributed by atoms with van der Waals surface area (Å²) in [5.74, 6) is 0.189. The third kappa shape index (κ3) is 6.61. The van der Waals surface area contributed by atoms with Crippen LogP contribution in [0.4, 0.5) is 0 Å². The van der Waals surface area contributed by atoms with Crippen molar-refractivity contribution < 1.29 is 14.3 Å². The summed E-state index contributed by atoms with van der Waals surface area (Å²) in [6.45, 7) is 6.41. The van der Waals surface area contributed by atoms with Crippen LogP contribution in [-0.2, 0) is 9.53 Å². The molecule has 0 aromatic heterocycles. The molecule has 1 aromatic rings. The van der Waals surface area contributed by atoms with Crippen LogP contribution in [0.1, 0.15) is 20.8 Å². The summed E-state index contributed by atoms with van der Waals surface area (Å²) in [5.41, 5.74) is 1.11. The van der Waals surface area contributed by atoms with E-state index in [1.54, 1.807) is 19.1 Å². The highest BCUT2D eigenvalue weighted by Crippen LogP contribution is 2.10.